The van der Waals surface area contributed by atoms with E-state index in [1.165, 1.54) is 6.33 Å². The van der Waals surface area contributed by atoms with Gasteiger partial charge in [-0.25, -0.2) is 18.7 Å². The molecule has 5 rings (SSSR count). The molecule has 6 N–H and O–H groups in total. The summed E-state index contributed by atoms with van der Waals surface area (Å²) >= 11 is 0. The summed E-state index contributed by atoms with van der Waals surface area (Å²) in [4.78, 5) is 31.5. The number of nitrogens with two attached hydrogens (primary N) is 1. The second kappa shape index (κ2) is 10.0. The Labute approximate surface area is 219 Å². The molecule has 2 aromatic heterocycles. The maximum atomic E-state index is 14.4. The van der Waals surface area contributed by atoms with Crippen molar-refractivity contribution in [2.75, 3.05) is 43.4 Å². The molecule has 2 aliphatic heterocycles. The van der Waals surface area contributed by atoms with E-state index in [1.807, 2.05) is 12.1 Å². The van der Waals surface area contributed by atoms with E-state index in [1.54, 1.807) is 23.6 Å². The van der Waals surface area contributed by atoms with Crippen molar-refractivity contribution in [3.8, 4) is 11.3 Å². The smallest absolute Gasteiger partial charge is 0.407 e. The third-order valence-electron chi connectivity index (χ3n) is 7.14. The number of fused-ring (bicyclic) bond motifs is 1. The molecule has 1 aromatic carbocycles. The van der Waals surface area contributed by atoms with E-state index in [0.717, 1.165) is 10.5 Å². The second-order valence-electron chi connectivity index (χ2n) is 9.76. The van der Waals surface area contributed by atoms with Crippen molar-refractivity contribution in [2.45, 2.75) is 25.7 Å². The van der Waals surface area contributed by atoms with Crippen LogP contribution in [0.25, 0.3) is 16.8 Å². The van der Waals surface area contributed by atoms with Crippen LogP contribution < -0.4 is 11.1 Å². The predicted octanol–water partition coefficient (Wildman–Crippen LogP) is 2.28. The number of benzene rings is 1. The van der Waals surface area contributed by atoms with Crippen molar-refractivity contribution in [1.82, 2.24) is 29.7 Å². The highest BCUT2D eigenvalue weighted by Crippen LogP contribution is 2.41. The van der Waals surface area contributed by atoms with E-state index in [2.05, 4.69) is 20.3 Å². The van der Waals surface area contributed by atoms with E-state index < -0.39 is 34.8 Å². The predicted molar refractivity (Wildman–Crippen MR) is 141 cm³/mol. The fraction of sp³-hybridized carbons (Fsp3) is 0.417. The van der Waals surface area contributed by atoms with Crippen molar-refractivity contribution in [1.29, 1.82) is 0 Å². The van der Waals surface area contributed by atoms with Crippen LogP contribution in [0.4, 0.5) is 15.0 Å². The lowest BCUT2D eigenvalue weighted by Gasteiger charge is -2.40. The number of rotatable bonds is 5. The number of alkyl halides is 1. The molecule has 4 heterocycles. The molecule has 2 aliphatic rings. The number of likely N-dealkylation sites (tertiary alicyclic amines) is 1. The minimum atomic E-state index is -2.52. The van der Waals surface area contributed by atoms with Crippen LogP contribution in [0.1, 0.15) is 21.5 Å². The number of hydrogen-bond acceptors (Lipinski definition) is 8. The van der Waals surface area contributed by atoms with E-state index in [9.17, 15) is 23.1 Å². The summed E-state index contributed by atoms with van der Waals surface area (Å²) in [6, 6.07) is 6.33. The molecule has 14 heteroatoms. The van der Waals surface area contributed by atoms with Gasteiger partial charge in [0.2, 0.25) is 0 Å². The van der Waals surface area contributed by atoms with Gasteiger partial charge in [-0.1, -0.05) is 12.1 Å². The highest BCUT2D eigenvalue weighted by Gasteiger charge is 2.36. The van der Waals surface area contributed by atoms with E-state index in [-0.39, 0.29) is 13.1 Å². The van der Waals surface area contributed by atoms with Gasteiger partial charge in [-0.15, -0.1) is 0 Å². The first-order valence-corrected chi connectivity index (χ1v) is 14.0. The second-order valence-corrected chi connectivity index (χ2v) is 12.2. The van der Waals surface area contributed by atoms with Gasteiger partial charge in [-0.05, 0) is 30.2 Å². The number of carbonyl (C=O) groups excluding carboxylic acids is 1. The van der Waals surface area contributed by atoms with Crippen LogP contribution in [0.5, 0.6) is 0 Å². The summed E-state index contributed by atoms with van der Waals surface area (Å²) in [5, 5.41) is 16.2. The Morgan fingerprint density at radius 3 is 2.63 bits per heavy atom. The van der Waals surface area contributed by atoms with E-state index in [0.29, 0.717) is 64.9 Å². The number of carboxylic acid groups (broad SMARTS) is 1. The topological polar surface area (TPSA) is 170 Å². The molecular formula is C24H30FN7O5S. The molecular weight excluding hydrogens is 517 g/mol. The molecule has 0 unspecified atom stereocenters. The van der Waals surface area contributed by atoms with Crippen LogP contribution in [-0.4, -0.2) is 101 Å². The number of aryl methyl sites for hydroxylation is 1. The maximum Gasteiger partial charge on any atom is 0.407 e. The summed E-state index contributed by atoms with van der Waals surface area (Å²) in [5.41, 5.74) is 10.1. The molecule has 0 bridgehead atoms. The summed E-state index contributed by atoms with van der Waals surface area (Å²) in [7, 11) is -2.52. The van der Waals surface area contributed by atoms with Gasteiger partial charge < -0.3 is 21.1 Å². The Bertz CT molecular complexity index is 1390. The van der Waals surface area contributed by atoms with Gasteiger partial charge in [-0.2, -0.15) is 15.7 Å². The summed E-state index contributed by atoms with van der Waals surface area (Å²) < 4.78 is 36.0. The van der Waals surface area contributed by atoms with Gasteiger partial charge in [0.15, 0.2) is 5.82 Å². The molecule has 0 aliphatic carbocycles. The zero-order valence-electron chi connectivity index (χ0n) is 20.7. The van der Waals surface area contributed by atoms with Crippen LogP contribution >= 0.6 is 10.6 Å². The lowest BCUT2D eigenvalue weighted by molar-refractivity contribution is 0.0922. The van der Waals surface area contributed by atoms with Crippen LogP contribution in [0.2, 0.25) is 0 Å². The van der Waals surface area contributed by atoms with Gasteiger partial charge in [0.25, 0.3) is 5.91 Å². The minimum absolute atomic E-state index is 0.116. The number of amides is 2. The standard InChI is InChI=1S/C24H30FN7O5S/c1-14-2-3-15(8-17(14)23(33)29-19-12-31(24(34)35)11-18(19)25)20-9-16(21-22(26)27-13-28-32(20)21)10-30-4-6-38(36,37)7-5-30/h2-3,8-9,13,18-19,36-37H,4-7,10-12H2,1H3,(H,29,33)(H,34,35)(H2,26,27,28)/t18-,19+/m0/s1. The number of nitrogen functional groups attached to an aromatic ring is 1. The number of nitrogens with zero attached hydrogens (tertiary/aromatic N) is 5. The number of carbonyl (C=O) groups is 2. The lowest BCUT2D eigenvalue weighted by atomic mass is 10.0. The van der Waals surface area contributed by atoms with Crippen LogP contribution in [0.3, 0.4) is 0 Å². The number of aromatic nitrogens is 3. The molecule has 0 spiro atoms. The van der Waals surface area contributed by atoms with Gasteiger partial charge in [0, 0.05) is 37.3 Å². The van der Waals surface area contributed by atoms with Gasteiger partial charge in [-0.3, -0.25) is 18.8 Å². The zero-order chi connectivity index (χ0) is 27.2. The normalized spacial score (nSPS) is 22.5. The Balaban J connectivity index is 1.44. The van der Waals surface area contributed by atoms with Crippen LogP contribution in [0, 0.1) is 6.92 Å². The molecule has 204 valence electrons. The van der Waals surface area contributed by atoms with Crippen molar-refractivity contribution in [2.24, 2.45) is 0 Å². The molecule has 3 aromatic rings. The molecule has 12 nitrogen and oxygen atoms in total. The summed E-state index contributed by atoms with van der Waals surface area (Å²) in [6.45, 7) is 2.95. The third-order valence-corrected chi connectivity index (χ3v) is 8.81. The number of nitrogens with one attached hydrogen (secondary N) is 1. The Hall–Kier alpha value is -3.46. The van der Waals surface area contributed by atoms with Crippen molar-refractivity contribution >= 4 is 33.9 Å². The molecule has 0 radical (unpaired) electrons. The highest BCUT2D eigenvalue weighted by molar-refractivity contribution is 8.24. The zero-order valence-corrected chi connectivity index (χ0v) is 21.6. The van der Waals surface area contributed by atoms with Gasteiger partial charge in [0.05, 0.1) is 29.8 Å². The number of anilines is 1. The van der Waals surface area contributed by atoms with E-state index in [4.69, 9.17) is 10.8 Å². The first kappa shape index (κ1) is 26.2. The Morgan fingerprint density at radius 1 is 1.21 bits per heavy atom. The van der Waals surface area contributed by atoms with Gasteiger partial charge in [0.1, 0.15) is 18.0 Å². The largest absolute Gasteiger partial charge is 0.465 e. The molecule has 2 fully saturated rings. The first-order chi connectivity index (χ1) is 18.0. The minimum Gasteiger partial charge on any atom is -0.465 e. The third kappa shape index (κ3) is 5.12. The average molecular weight is 548 g/mol. The fourth-order valence-electron chi connectivity index (χ4n) is 4.96. The van der Waals surface area contributed by atoms with Crippen LogP contribution in [-0.2, 0) is 6.54 Å². The fourth-order valence-corrected chi connectivity index (χ4v) is 6.27. The van der Waals surface area contributed by atoms with Crippen molar-refractivity contribution < 1.29 is 28.2 Å². The Kier molecular flexibility index (Phi) is 6.90. The van der Waals surface area contributed by atoms with Gasteiger partial charge >= 0.3 is 6.09 Å². The molecule has 2 atom stereocenters. The molecule has 38 heavy (non-hydrogen) atoms. The first-order valence-electron chi connectivity index (χ1n) is 12.1. The SMILES string of the molecule is Cc1ccc(-c2cc(CN3CCS(O)(O)CC3)c3c(N)ncnn23)cc1C(=O)N[C@@H]1CN(C(=O)O)C[C@@H]1F. The molecule has 2 saturated heterocycles. The van der Waals surface area contributed by atoms with E-state index >= 15 is 0 Å². The summed E-state index contributed by atoms with van der Waals surface area (Å²) in [6.07, 6.45) is -1.37. The van der Waals surface area contributed by atoms with Crippen LogP contribution in [0.15, 0.2) is 30.6 Å². The highest BCUT2D eigenvalue weighted by atomic mass is 32.3. The average Bonchev–Trinajstić information content (AvgIpc) is 3.42. The number of halogens is 1. The van der Waals surface area contributed by atoms with Crippen molar-refractivity contribution in [3.05, 3.63) is 47.3 Å². The lowest BCUT2D eigenvalue weighted by Crippen LogP contribution is -2.42. The quantitative estimate of drug-likeness (QED) is 0.322. The molecule has 2 amide bonds. The molecule has 0 saturated carbocycles. The monoisotopic (exact) mass is 547 g/mol. The van der Waals surface area contributed by atoms with Crippen molar-refractivity contribution in [3.63, 3.8) is 0 Å². The summed E-state index contributed by atoms with van der Waals surface area (Å²) in [5.74, 6) is 0.440. The number of hydrogen-bond donors (Lipinski definition) is 5. The maximum absolute atomic E-state index is 14.4. The Morgan fingerprint density at radius 2 is 1.95 bits per heavy atom.